The number of rotatable bonds is 4. The van der Waals surface area contributed by atoms with E-state index < -0.39 is 12.2 Å². The van der Waals surface area contributed by atoms with Crippen LogP contribution in [-0.4, -0.2) is 42.9 Å². The Hall–Kier alpha value is -2.77. The number of nitrogens with zero attached hydrogens (tertiary/aromatic N) is 3. The smallest absolute Gasteiger partial charge is 0.256 e. The molecule has 0 bridgehead atoms. The third-order valence-electron chi connectivity index (χ3n) is 5.43. The van der Waals surface area contributed by atoms with Crippen molar-refractivity contribution in [3.8, 4) is 0 Å². The molecule has 3 N–H and O–H groups in total. The van der Waals surface area contributed by atoms with Crippen molar-refractivity contribution < 1.29 is 15.0 Å². The largest absolute Gasteiger partial charge is 0.390 e. The Bertz CT molecular complexity index is 956. The van der Waals surface area contributed by atoms with Crippen LogP contribution in [-0.2, 0) is 0 Å². The van der Waals surface area contributed by atoms with Crippen molar-refractivity contribution in [1.82, 2.24) is 14.5 Å². The van der Waals surface area contributed by atoms with Crippen molar-refractivity contribution in [2.24, 2.45) is 5.92 Å². The van der Waals surface area contributed by atoms with Crippen molar-refractivity contribution >= 4 is 22.8 Å². The molecule has 7 nitrogen and oxygen atoms in total. The zero-order chi connectivity index (χ0) is 19.0. The van der Waals surface area contributed by atoms with Crippen LogP contribution in [0.5, 0.6) is 0 Å². The van der Waals surface area contributed by atoms with Gasteiger partial charge in [-0.2, -0.15) is 0 Å². The van der Waals surface area contributed by atoms with Crippen molar-refractivity contribution in [3.05, 3.63) is 54.5 Å². The second-order valence-corrected chi connectivity index (χ2v) is 6.96. The quantitative estimate of drug-likeness (QED) is 0.658. The maximum atomic E-state index is 12.4. The van der Waals surface area contributed by atoms with Gasteiger partial charge in [0.1, 0.15) is 23.9 Å². The van der Waals surface area contributed by atoms with E-state index in [0.29, 0.717) is 28.8 Å². The highest BCUT2D eigenvalue weighted by Crippen LogP contribution is 2.39. The molecule has 0 radical (unpaired) electrons. The van der Waals surface area contributed by atoms with Gasteiger partial charge in [-0.05, 0) is 30.5 Å². The van der Waals surface area contributed by atoms with Crippen LogP contribution in [0.4, 0.5) is 5.82 Å². The Kier molecular flexibility index (Phi) is 4.63. The summed E-state index contributed by atoms with van der Waals surface area (Å²) in [6, 6.07) is 10.5. The molecule has 1 aliphatic carbocycles. The van der Waals surface area contributed by atoms with E-state index in [9.17, 15) is 15.0 Å². The van der Waals surface area contributed by atoms with Crippen LogP contribution < -0.4 is 5.32 Å². The molecule has 4 rings (SSSR count). The van der Waals surface area contributed by atoms with Crippen LogP contribution in [0, 0.1) is 5.92 Å². The number of amides is 1. The number of hydrogen-bond acceptors (Lipinski definition) is 5. The molecule has 1 aliphatic rings. The summed E-state index contributed by atoms with van der Waals surface area (Å²) in [7, 11) is 0. The first-order valence-corrected chi connectivity index (χ1v) is 9.14. The minimum atomic E-state index is -0.845. The van der Waals surface area contributed by atoms with Gasteiger partial charge >= 0.3 is 0 Å². The first-order chi connectivity index (χ1) is 13.1. The summed E-state index contributed by atoms with van der Waals surface area (Å²) in [5.74, 6) is 0.236. The van der Waals surface area contributed by atoms with Crippen LogP contribution in [0.3, 0.4) is 0 Å². The molecule has 0 unspecified atom stereocenters. The van der Waals surface area contributed by atoms with E-state index in [1.54, 1.807) is 24.3 Å². The normalized spacial score (nSPS) is 25.0. The molecule has 0 aliphatic heterocycles. The first-order valence-electron chi connectivity index (χ1n) is 9.14. The molecule has 1 aromatic carbocycles. The lowest BCUT2D eigenvalue weighted by Gasteiger charge is -2.19. The standard InChI is InChI=1S/C20H22N4O3/c1-2-12-10-15(17(26)16(12)25)24-9-8-14-18(21-11-22-19(14)24)23-20(27)13-6-4-3-5-7-13/h3-9,11-12,15-17,25-26H,2,10H2,1H3,(H,21,22,23,27)/t12-,15+,16+,17-/m0/s1. The molecule has 1 saturated carbocycles. The number of aliphatic hydroxyl groups is 2. The lowest BCUT2D eigenvalue weighted by atomic mass is 10.0. The van der Waals surface area contributed by atoms with Crippen LogP contribution in [0.1, 0.15) is 36.2 Å². The molecule has 1 amide bonds. The van der Waals surface area contributed by atoms with Gasteiger partial charge in [0.25, 0.3) is 5.91 Å². The van der Waals surface area contributed by atoms with Gasteiger partial charge in [0.05, 0.1) is 17.5 Å². The number of aliphatic hydroxyl groups excluding tert-OH is 2. The van der Waals surface area contributed by atoms with Crippen LogP contribution in [0.15, 0.2) is 48.9 Å². The average molecular weight is 366 g/mol. The molecule has 140 valence electrons. The summed E-state index contributed by atoms with van der Waals surface area (Å²) >= 11 is 0. The zero-order valence-electron chi connectivity index (χ0n) is 15.0. The summed E-state index contributed by atoms with van der Waals surface area (Å²) in [4.78, 5) is 21.0. The number of fused-ring (bicyclic) bond motifs is 1. The van der Waals surface area contributed by atoms with Crippen molar-refractivity contribution in [3.63, 3.8) is 0 Å². The summed E-state index contributed by atoms with van der Waals surface area (Å²) in [5.41, 5.74) is 1.17. The van der Waals surface area contributed by atoms with Crippen LogP contribution in [0.2, 0.25) is 0 Å². The molecule has 4 atom stereocenters. The highest BCUT2D eigenvalue weighted by atomic mass is 16.3. The number of benzene rings is 1. The van der Waals surface area contributed by atoms with Crippen molar-refractivity contribution in [2.45, 2.75) is 38.0 Å². The number of nitrogens with one attached hydrogen (secondary N) is 1. The minimum absolute atomic E-state index is 0.0570. The summed E-state index contributed by atoms with van der Waals surface area (Å²) < 4.78 is 1.87. The predicted octanol–water partition coefficient (Wildman–Crippen LogP) is 2.38. The second kappa shape index (κ2) is 7.09. The highest BCUT2D eigenvalue weighted by molar-refractivity contribution is 6.07. The number of aromatic nitrogens is 3. The molecule has 2 aromatic heterocycles. The van der Waals surface area contributed by atoms with E-state index in [1.165, 1.54) is 6.33 Å². The van der Waals surface area contributed by atoms with Gasteiger partial charge < -0.3 is 20.1 Å². The molecule has 0 saturated heterocycles. The second-order valence-electron chi connectivity index (χ2n) is 6.96. The van der Waals surface area contributed by atoms with Gasteiger partial charge in [-0.3, -0.25) is 4.79 Å². The van der Waals surface area contributed by atoms with E-state index in [0.717, 1.165) is 6.42 Å². The zero-order valence-corrected chi connectivity index (χ0v) is 15.0. The molecule has 7 heteroatoms. The van der Waals surface area contributed by atoms with Crippen molar-refractivity contribution in [1.29, 1.82) is 0 Å². The van der Waals surface area contributed by atoms with Gasteiger partial charge in [-0.25, -0.2) is 9.97 Å². The fourth-order valence-corrected chi connectivity index (χ4v) is 3.89. The van der Waals surface area contributed by atoms with Gasteiger partial charge in [0, 0.05) is 11.8 Å². The maximum Gasteiger partial charge on any atom is 0.256 e. The van der Waals surface area contributed by atoms with Gasteiger partial charge in [0.2, 0.25) is 0 Å². The van der Waals surface area contributed by atoms with Gasteiger partial charge in [-0.1, -0.05) is 31.5 Å². The molecule has 2 heterocycles. The Morgan fingerprint density at radius 2 is 1.96 bits per heavy atom. The summed E-state index contributed by atoms with van der Waals surface area (Å²) in [6.45, 7) is 2.01. The topological polar surface area (TPSA) is 100 Å². The Morgan fingerprint density at radius 1 is 1.19 bits per heavy atom. The molecule has 27 heavy (non-hydrogen) atoms. The van der Waals surface area contributed by atoms with E-state index in [-0.39, 0.29) is 17.9 Å². The fourth-order valence-electron chi connectivity index (χ4n) is 3.89. The van der Waals surface area contributed by atoms with E-state index in [1.807, 2.05) is 29.8 Å². The Morgan fingerprint density at radius 3 is 2.67 bits per heavy atom. The minimum Gasteiger partial charge on any atom is -0.390 e. The van der Waals surface area contributed by atoms with Crippen LogP contribution >= 0.6 is 0 Å². The fraction of sp³-hybridized carbons (Fsp3) is 0.350. The molecular weight excluding hydrogens is 344 g/mol. The van der Waals surface area contributed by atoms with E-state index >= 15 is 0 Å². The average Bonchev–Trinajstić information content (AvgIpc) is 3.25. The van der Waals surface area contributed by atoms with E-state index in [4.69, 9.17) is 0 Å². The monoisotopic (exact) mass is 366 g/mol. The molecular formula is C20H22N4O3. The number of carbonyl (C=O) groups is 1. The summed E-state index contributed by atoms with van der Waals surface area (Å²) in [6.07, 6.45) is 3.13. The first kappa shape index (κ1) is 17.6. The van der Waals surface area contributed by atoms with Gasteiger partial charge in [0.15, 0.2) is 0 Å². The third-order valence-corrected chi connectivity index (χ3v) is 5.43. The highest BCUT2D eigenvalue weighted by Gasteiger charge is 2.41. The lowest BCUT2D eigenvalue weighted by Crippen LogP contribution is -2.29. The molecule has 3 aromatic rings. The Labute approximate surface area is 156 Å². The maximum absolute atomic E-state index is 12.4. The van der Waals surface area contributed by atoms with E-state index in [2.05, 4.69) is 15.3 Å². The van der Waals surface area contributed by atoms with Gasteiger partial charge in [-0.15, -0.1) is 0 Å². The number of carbonyl (C=O) groups excluding carboxylic acids is 1. The number of hydrogen-bond donors (Lipinski definition) is 3. The van der Waals surface area contributed by atoms with Crippen LogP contribution in [0.25, 0.3) is 11.0 Å². The lowest BCUT2D eigenvalue weighted by molar-refractivity contribution is 0.00619. The molecule has 1 fully saturated rings. The Balaban J connectivity index is 1.65. The van der Waals surface area contributed by atoms with Crippen molar-refractivity contribution in [2.75, 3.05) is 5.32 Å². The predicted molar refractivity (Wildman–Crippen MR) is 101 cm³/mol. The summed E-state index contributed by atoms with van der Waals surface area (Å²) in [5, 5.41) is 24.2. The molecule has 0 spiro atoms. The SMILES string of the molecule is CC[C@H]1C[C@@H](n2ccc3c(NC(=O)c4ccccc4)ncnc32)[C@H](O)[C@@H]1O. The number of anilines is 1. The third kappa shape index (κ3) is 3.09.